The minimum Gasteiger partial charge on any atom is -0.378 e. The minimum atomic E-state index is 0.191. The van der Waals surface area contributed by atoms with Crippen molar-refractivity contribution in [3.05, 3.63) is 35.4 Å². The van der Waals surface area contributed by atoms with Crippen LogP contribution in [-0.4, -0.2) is 48.8 Å². The third kappa shape index (κ3) is 4.22. The normalized spacial score (nSPS) is 17.0. The van der Waals surface area contributed by atoms with Crippen molar-refractivity contribution in [1.82, 2.24) is 10.1 Å². The van der Waals surface area contributed by atoms with Crippen LogP contribution >= 0.6 is 0 Å². The molecule has 1 aromatic heterocycles. The number of ether oxygens (including phenoxy) is 1. The molecular formula is C22H29N3O3. The summed E-state index contributed by atoms with van der Waals surface area (Å²) in [7, 11) is 0. The summed E-state index contributed by atoms with van der Waals surface area (Å²) in [6, 6.07) is 8.30. The molecule has 1 aromatic carbocycles. The van der Waals surface area contributed by atoms with E-state index in [0.29, 0.717) is 32.1 Å². The molecule has 2 heterocycles. The van der Waals surface area contributed by atoms with Crippen molar-refractivity contribution in [1.29, 1.82) is 0 Å². The fourth-order valence-electron chi connectivity index (χ4n) is 3.76. The highest BCUT2D eigenvalue weighted by Crippen LogP contribution is 2.35. The van der Waals surface area contributed by atoms with E-state index in [-0.39, 0.29) is 5.91 Å². The van der Waals surface area contributed by atoms with Crippen molar-refractivity contribution in [2.75, 3.05) is 37.7 Å². The fraction of sp³-hybridized carbons (Fsp3) is 0.545. The first-order valence-corrected chi connectivity index (χ1v) is 10.3. The lowest BCUT2D eigenvalue weighted by Gasteiger charge is -2.28. The van der Waals surface area contributed by atoms with Gasteiger partial charge in [-0.3, -0.25) is 4.79 Å². The summed E-state index contributed by atoms with van der Waals surface area (Å²) in [5.41, 5.74) is 4.07. The molecule has 0 radical (unpaired) electrons. The van der Waals surface area contributed by atoms with Gasteiger partial charge in [0.15, 0.2) is 0 Å². The van der Waals surface area contributed by atoms with Gasteiger partial charge in [-0.25, -0.2) is 0 Å². The summed E-state index contributed by atoms with van der Waals surface area (Å²) < 4.78 is 11.3. The number of hydrogen-bond acceptors (Lipinski definition) is 5. The zero-order chi connectivity index (χ0) is 19.5. The molecule has 6 nitrogen and oxygen atoms in total. The molecule has 1 saturated carbocycles. The smallest absolute Gasteiger partial charge is 0.233 e. The Hall–Kier alpha value is -2.34. The number of benzene rings is 1. The molecule has 1 aliphatic carbocycles. The van der Waals surface area contributed by atoms with Crippen molar-refractivity contribution in [2.24, 2.45) is 5.92 Å². The Kier molecular flexibility index (Phi) is 5.67. The highest BCUT2D eigenvalue weighted by molar-refractivity contribution is 5.77. The van der Waals surface area contributed by atoms with Crippen LogP contribution in [0.15, 0.2) is 28.8 Å². The molecule has 0 spiro atoms. The molecule has 0 N–H and O–H groups in total. The lowest BCUT2D eigenvalue weighted by atomic mass is 10.0. The molecule has 0 atom stereocenters. The largest absolute Gasteiger partial charge is 0.378 e. The Morgan fingerprint density at radius 2 is 2.07 bits per heavy atom. The van der Waals surface area contributed by atoms with Gasteiger partial charge >= 0.3 is 0 Å². The quantitative estimate of drug-likeness (QED) is 0.731. The summed E-state index contributed by atoms with van der Waals surface area (Å²) in [5, 5.41) is 4.44. The molecule has 1 saturated heterocycles. The topological polar surface area (TPSA) is 58.8 Å². The second-order valence-corrected chi connectivity index (χ2v) is 7.85. The molecule has 6 heteroatoms. The Bertz CT molecular complexity index is 822. The van der Waals surface area contributed by atoms with Gasteiger partial charge in [-0.05, 0) is 31.7 Å². The van der Waals surface area contributed by atoms with E-state index in [2.05, 4.69) is 35.2 Å². The molecule has 4 rings (SSSR count). The van der Waals surface area contributed by atoms with Crippen molar-refractivity contribution in [3.63, 3.8) is 0 Å². The van der Waals surface area contributed by atoms with Gasteiger partial charge in [-0.2, -0.15) is 0 Å². The van der Waals surface area contributed by atoms with Crippen LogP contribution in [0.25, 0.3) is 11.3 Å². The number of hydrogen-bond donors (Lipinski definition) is 0. The van der Waals surface area contributed by atoms with Crippen LogP contribution in [0, 0.1) is 12.8 Å². The maximum atomic E-state index is 12.6. The molecule has 2 aromatic rings. The van der Waals surface area contributed by atoms with E-state index in [9.17, 15) is 4.79 Å². The van der Waals surface area contributed by atoms with E-state index in [1.165, 1.54) is 18.4 Å². The highest BCUT2D eigenvalue weighted by Gasteiger charge is 2.30. The van der Waals surface area contributed by atoms with Gasteiger partial charge in [0.1, 0.15) is 5.69 Å². The maximum Gasteiger partial charge on any atom is 0.233 e. The van der Waals surface area contributed by atoms with Crippen LogP contribution in [0.2, 0.25) is 0 Å². The Morgan fingerprint density at radius 1 is 1.29 bits per heavy atom. The molecular weight excluding hydrogens is 354 g/mol. The van der Waals surface area contributed by atoms with Gasteiger partial charge in [-0.15, -0.1) is 0 Å². The average Bonchev–Trinajstić information content (AvgIpc) is 3.44. The first kappa shape index (κ1) is 19.0. The summed E-state index contributed by atoms with van der Waals surface area (Å²) in [4.78, 5) is 16.8. The zero-order valence-corrected chi connectivity index (χ0v) is 16.8. The predicted octanol–water partition coefficient (Wildman–Crippen LogP) is 3.64. The van der Waals surface area contributed by atoms with Crippen molar-refractivity contribution < 1.29 is 14.1 Å². The van der Waals surface area contributed by atoms with Crippen LogP contribution in [0.4, 0.5) is 5.88 Å². The number of carbonyl (C=O) groups is 1. The fourth-order valence-corrected chi connectivity index (χ4v) is 3.76. The van der Waals surface area contributed by atoms with Gasteiger partial charge in [0.05, 0.1) is 25.3 Å². The molecule has 1 aliphatic heterocycles. The van der Waals surface area contributed by atoms with E-state index in [1.807, 2.05) is 17.9 Å². The number of aryl methyl sites for hydroxylation is 1. The van der Waals surface area contributed by atoms with Gasteiger partial charge in [0.2, 0.25) is 11.8 Å². The van der Waals surface area contributed by atoms with Crippen LogP contribution in [-0.2, 0) is 16.1 Å². The number of rotatable bonds is 7. The van der Waals surface area contributed by atoms with E-state index < -0.39 is 0 Å². The summed E-state index contributed by atoms with van der Waals surface area (Å²) >= 11 is 0. The Morgan fingerprint density at radius 3 is 2.75 bits per heavy atom. The molecule has 150 valence electrons. The molecule has 2 aliphatic rings. The van der Waals surface area contributed by atoms with Gasteiger partial charge in [0.25, 0.3) is 0 Å². The maximum absolute atomic E-state index is 12.6. The summed E-state index contributed by atoms with van der Waals surface area (Å²) in [6.45, 7) is 8.29. The second kappa shape index (κ2) is 8.35. The van der Waals surface area contributed by atoms with Crippen LogP contribution < -0.4 is 4.90 Å². The van der Waals surface area contributed by atoms with Crippen LogP contribution in [0.5, 0.6) is 0 Å². The molecule has 0 unspecified atom stereocenters. The van der Waals surface area contributed by atoms with E-state index in [0.717, 1.165) is 42.3 Å². The number of nitrogens with zero attached hydrogens (tertiary/aromatic N) is 3. The molecule has 0 bridgehead atoms. The van der Waals surface area contributed by atoms with Crippen LogP contribution in [0.3, 0.4) is 0 Å². The summed E-state index contributed by atoms with van der Waals surface area (Å²) in [6.07, 6.45) is 2.96. The summed E-state index contributed by atoms with van der Waals surface area (Å²) in [5.74, 6) is 1.62. The third-order valence-corrected chi connectivity index (χ3v) is 5.54. The minimum absolute atomic E-state index is 0.191. The Labute approximate surface area is 166 Å². The Balaban J connectivity index is 1.70. The third-order valence-electron chi connectivity index (χ3n) is 5.54. The first-order chi connectivity index (χ1) is 13.7. The standard InChI is InChI=1S/C22H29N3O3/c1-3-20(26)25(14-17-7-8-17)15-19-21(18-6-4-5-16(2)13-18)23-28-22(19)24-9-11-27-12-10-24/h4-6,13,17H,3,7-12,14-15H2,1-2H3. The van der Waals surface area contributed by atoms with Gasteiger partial charge in [0, 0.05) is 31.6 Å². The number of anilines is 1. The lowest BCUT2D eigenvalue weighted by molar-refractivity contribution is -0.131. The van der Waals surface area contributed by atoms with E-state index in [1.54, 1.807) is 0 Å². The average molecular weight is 383 g/mol. The van der Waals surface area contributed by atoms with Gasteiger partial charge < -0.3 is 19.1 Å². The van der Waals surface area contributed by atoms with Crippen LogP contribution in [0.1, 0.15) is 37.3 Å². The molecule has 1 amide bonds. The lowest BCUT2D eigenvalue weighted by Crippen LogP contribution is -2.37. The van der Waals surface area contributed by atoms with Crippen molar-refractivity contribution >= 4 is 11.8 Å². The molecule has 2 fully saturated rings. The predicted molar refractivity (Wildman–Crippen MR) is 108 cm³/mol. The SMILES string of the molecule is CCC(=O)N(Cc1c(-c2cccc(C)c2)noc1N1CCOCC1)CC1CC1. The van der Waals surface area contributed by atoms with Crippen molar-refractivity contribution in [3.8, 4) is 11.3 Å². The molecule has 28 heavy (non-hydrogen) atoms. The zero-order valence-electron chi connectivity index (χ0n) is 16.8. The number of morpholine rings is 1. The second-order valence-electron chi connectivity index (χ2n) is 7.85. The number of carbonyl (C=O) groups excluding carboxylic acids is 1. The van der Waals surface area contributed by atoms with E-state index >= 15 is 0 Å². The highest BCUT2D eigenvalue weighted by atomic mass is 16.5. The monoisotopic (exact) mass is 383 g/mol. The van der Waals surface area contributed by atoms with Crippen molar-refractivity contribution in [2.45, 2.75) is 39.7 Å². The van der Waals surface area contributed by atoms with E-state index in [4.69, 9.17) is 9.26 Å². The van der Waals surface area contributed by atoms with Gasteiger partial charge in [-0.1, -0.05) is 35.8 Å². The number of amides is 1. The first-order valence-electron chi connectivity index (χ1n) is 10.3. The number of aromatic nitrogens is 1.